The first-order chi connectivity index (χ1) is 9.59. The zero-order valence-electron chi connectivity index (χ0n) is 11.4. The Labute approximate surface area is 117 Å². The van der Waals surface area contributed by atoms with E-state index in [0.29, 0.717) is 16.7 Å². The number of imide groups is 1. The van der Waals surface area contributed by atoms with Crippen LogP contribution in [0.15, 0.2) is 18.2 Å². The molecule has 1 aromatic rings. The topological polar surface area (TPSA) is 57.7 Å². The molecule has 2 aliphatic heterocycles. The molecule has 1 saturated heterocycles. The van der Waals surface area contributed by atoms with E-state index >= 15 is 0 Å². The van der Waals surface area contributed by atoms with Gasteiger partial charge in [-0.15, -0.1) is 0 Å². The highest BCUT2D eigenvalue weighted by molar-refractivity contribution is 6.21. The smallest absolute Gasteiger partial charge is 0.261 e. The van der Waals surface area contributed by atoms with Crippen molar-refractivity contribution in [1.29, 1.82) is 0 Å². The highest BCUT2D eigenvalue weighted by Crippen LogP contribution is 2.23. The van der Waals surface area contributed by atoms with Crippen LogP contribution in [0.3, 0.4) is 0 Å². The molecule has 0 aliphatic carbocycles. The summed E-state index contributed by atoms with van der Waals surface area (Å²) in [4.78, 5) is 39.0. The Bertz CT molecular complexity index is 603. The van der Waals surface area contributed by atoms with Crippen LogP contribution in [0.4, 0.5) is 0 Å². The van der Waals surface area contributed by atoms with Gasteiger partial charge in [0.25, 0.3) is 17.7 Å². The number of carbonyl (C=O) groups excluding carboxylic acids is 3. The van der Waals surface area contributed by atoms with Crippen LogP contribution in [0.5, 0.6) is 0 Å². The van der Waals surface area contributed by atoms with Gasteiger partial charge in [0.05, 0.1) is 11.1 Å². The van der Waals surface area contributed by atoms with Gasteiger partial charge in [0.1, 0.15) is 0 Å². The molecule has 0 radical (unpaired) electrons. The molecule has 3 amide bonds. The van der Waals surface area contributed by atoms with Gasteiger partial charge in [0.2, 0.25) is 0 Å². The minimum absolute atomic E-state index is 0.0534. The summed E-state index contributed by atoms with van der Waals surface area (Å²) in [7, 11) is 1.46. The molecule has 2 heterocycles. The largest absolute Gasteiger partial charge is 0.339 e. The lowest BCUT2D eigenvalue weighted by atomic mass is 10.0. The second-order valence-corrected chi connectivity index (χ2v) is 5.28. The minimum Gasteiger partial charge on any atom is -0.339 e. The van der Waals surface area contributed by atoms with Gasteiger partial charge < -0.3 is 4.90 Å². The fourth-order valence-electron chi connectivity index (χ4n) is 2.77. The molecule has 1 fully saturated rings. The van der Waals surface area contributed by atoms with Gasteiger partial charge in [-0.25, -0.2) is 0 Å². The number of benzene rings is 1. The van der Waals surface area contributed by atoms with E-state index in [2.05, 4.69) is 0 Å². The standard InChI is InChI=1S/C15H16N2O3/c1-16-14(19)11-6-5-10(9-12(11)15(16)20)13(18)17-7-3-2-4-8-17/h5-6,9H,2-4,7-8H2,1H3. The maximum absolute atomic E-state index is 12.4. The Morgan fingerprint density at radius 3 is 2.35 bits per heavy atom. The first kappa shape index (κ1) is 12.8. The van der Waals surface area contributed by atoms with Crippen LogP contribution in [0.25, 0.3) is 0 Å². The van der Waals surface area contributed by atoms with Crippen molar-refractivity contribution in [1.82, 2.24) is 9.80 Å². The molecule has 0 aromatic heterocycles. The molecule has 0 bridgehead atoms. The number of piperidine rings is 1. The van der Waals surface area contributed by atoms with Gasteiger partial charge in [-0.05, 0) is 37.5 Å². The third-order valence-electron chi connectivity index (χ3n) is 3.98. The van der Waals surface area contributed by atoms with E-state index in [-0.39, 0.29) is 17.7 Å². The molecule has 0 saturated carbocycles. The van der Waals surface area contributed by atoms with Gasteiger partial charge >= 0.3 is 0 Å². The highest BCUT2D eigenvalue weighted by Gasteiger charge is 2.33. The summed E-state index contributed by atoms with van der Waals surface area (Å²) < 4.78 is 0. The van der Waals surface area contributed by atoms with Crippen LogP contribution in [-0.4, -0.2) is 47.7 Å². The zero-order chi connectivity index (χ0) is 14.3. The summed E-state index contributed by atoms with van der Waals surface area (Å²) in [6, 6.07) is 4.77. The molecule has 104 valence electrons. The van der Waals surface area contributed by atoms with Crippen molar-refractivity contribution in [3.8, 4) is 0 Å². The van der Waals surface area contributed by atoms with E-state index in [4.69, 9.17) is 0 Å². The van der Waals surface area contributed by atoms with Gasteiger partial charge in [0.15, 0.2) is 0 Å². The van der Waals surface area contributed by atoms with Crippen LogP contribution >= 0.6 is 0 Å². The molecule has 5 heteroatoms. The number of carbonyl (C=O) groups is 3. The van der Waals surface area contributed by atoms with E-state index < -0.39 is 0 Å². The maximum atomic E-state index is 12.4. The third kappa shape index (κ3) is 1.90. The Kier molecular flexibility index (Phi) is 3.04. The monoisotopic (exact) mass is 272 g/mol. The zero-order valence-corrected chi connectivity index (χ0v) is 11.4. The quantitative estimate of drug-likeness (QED) is 0.729. The predicted octanol–water partition coefficient (Wildman–Crippen LogP) is 1.54. The average Bonchev–Trinajstić information content (AvgIpc) is 2.72. The lowest BCUT2D eigenvalue weighted by molar-refractivity contribution is 0.0691. The lowest BCUT2D eigenvalue weighted by Crippen LogP contribution is -2.35. The number of fused-ring (bicyclic) bond motifs is 1. The van der Waals surface area contributed by atoms with Crippen LogP contribution in [0, 0.1) is 0 Å². The first-order valence-electron chi connectivity index (χ1n) is 6.85. The van der Waals surface area contributed by atoms with Crippen molar-refractivity contribution in [3.05, 3.63) is 34.9 Å². The van der Waals surface area contributed by atoms with E-state index in [0.717, 1.165) is 37.3 Å². The third-order valence-corrected chi connectivity index (χ3v) is 3.98. The fraction of sp³-hybridized carbons (Fsp3) is 0.400. The summed E-state index contributed by atoms with van der Waals surface area (Å²) >= 11 is 0. The first-order valence-corrected chi connectivity index (χ1v) is 6.85. The number of hydrogen-bond acceptors (Lipinski definition) is 3. The van der Waals surface area contributed by atoms with E-state index in [1.165, 1.54) is 7.05 Å². The summed E-state index contributed by atoms with van der Waals surface area (Å²) in [5.74, 6) is -0.692. The Balaban J connectivity index is 1.92. The molecule has 2 aliphatic rings. The minimum atomic E-state index is -0.335. The molecule has 0 spiro atoms. The maximum Gasteiger partial charge on any atom is 0.261 e. The summed E-state index contributed by atoms with van der Waals surface area (Å²) in [5, 5.41) is 0. The van der Waals surface area contributed by atoms with Gasteiger partial charge in [-0.1, -0.05) is 0 Å². The number of nitrogens with zero attached hydrogens (tertiary/aromatic N) is 2. The van der Waals surface area contributed by atoms with Crippen molar-refractivity contribution in [3.63, 3.8) is 0 Å². The summed E-state index contributed by atoms with van der Waals surface area (Å²) in [6.45, 7) is 1.53. The molecule has 0 N–H and O–H groups in total. The van der Waals surface area contributed by atoms with Crippen LogP contribution in [0.2, 0.25) is 0 Å². The Morgan fingerprint density at radius 2 is 1.65 bits per heavy atom. The number of rotatable bonds is 1. The molecule has 3 rings (SSSR count). The van der Waals surface area contributed by atoms with Crippen LogP contribution in [-0.2, 0) is 0 Å². The Hall–Kier alpha value is -2.17. The van der Waals surface area contributed by atoms with E-state index in [1.54, 1.807) is 18.2 Å². The second kappa shape index (κ2) is 4.74. The van der Waals surface area contributed by atoms with Crippen molar-refractivity contribution in [2.45, 2.75) is 19.3 Å². The number of likely N-dealkylation sites (tertiary alicyclic amines) is 1. The average molecular weight is 272 g/mol. The molecule has 20 heavy (non-hydrogen) atoms. The van der Waals surface area contributed by atoms with Crippen LogP contribution in [0.1, 0.15) is 50.3 Å². The molecule has 5 nitrogen and oxygen atoms in total. The molecular weight excluding hydrogens is 256 g/mol. The highest BCUT2D eigenvalue weighted by atomic mass is 16.2. The lowest BCUT2D eigenvalue weighted by Gasteiger charge is -2.26. The van der Waals surface area contributed by atoms with E-state index in [9.17, 15) is 14.4 Å². The Morgan fingerprint density at radius 1 is 1.00 bits per heavy atom. The van der Waals surface area contributed by atoms with Gasteiger partial charge in [-0.2, -0.15) is 0 Å². The van der Waals surface area contributed by atoms with Gasteiger partial charge in [-0.3, -0.25) is 19.3 Å². The van der Waals surface area contributed by atoms with Crippen molar-refractivity contribution in [2.75, 3.05) is 20.1 Å². The summed E-state index contributed by atoms with van der Waals surface area (Å²) in [5.41, 5.74) is 1.20. The predicted molar refractivity (Wildman–Crippen MR) is 72.6 cm³/mol. The normalized spacial score (nSPS) is 18.4. The second-order valence-electron chi connectivity index (χ2n) is 5.28. The SMILES string of the molecule is CN1C(=O)c2ccc(C(=O)N3CCCCC3)cc2C1=O. The van der Waals surface area contributed by atoms with E-state index in [1.807, 2.05) is 4.90 Å². The molecule has 0 atom stereocenters. The summed E-state index contributed by atoms with van der Waals surface area (Å²) in [6.07, 6.45) is 3.21. The van der Waals surface area contributed by atoms with Gasteiger partial charge in [0, 0.05) is 25.7 Å². The number of hydrogen-bond donors (Lipinski definition) is 0. The molecule has 1 aromatic carbocycles. The number of amides is 3. The van der Waals surface area contributed by atoms with Crippen LogP contribution < -0.4 is 0 Å². The fourth-order valence-corrected chi connectivity index (χ4v) is 2.77. The van der Waals surface area contributed by atoms with Crippen molar-refractivity contribution >= 4 is 17.7 Å². The molecular formula is C15H16N2O3. The molecule has 0 unspecified atom stereocenters. The van der Waals surface area contributed by atoms with Crippen molar-refractivity contribution in [2.24, 2.45) is 0 Å². The van der Waals surface area contributed by atoms with Crippen molar-refractivity contribution < 1.29 is 14.4 Å².